The average molecular weight is 470 g/mol. The molecule has 4 atom stereocenters. The van der Waals surface area contributed by atoms with Gasteiger partial charge >= 0.3 is 0 Å². The molecule has 2 aromatic carbocycles. The Morgan fingerprint density at radius 3 is 2.57 bits per heavy atom. The summed E-state index contributed by atoms with van der Waals surface area (Å²) < 4.78 is 17.0. The lowest BCUT2D eigenvalue weighted by Crippen LogP contribution is -2.62. The van der Waals surface area contributed by atoms with Crippen molar-refractivity contribution in [2.24, 2.45) is 23.2 Å². The van der Waals surface area contributed by atoms with Gasteiger partial charge in [0.1, 0.15) is 5.82 Å². The Morgan fingerprint density at radius 2 is 1.86 bits per heavy atom. The molecule has 5 aliphatic rings. The molecule has 1 aromatic heterocycles. The first-order valence-electron chi connectivity index (χ1n) is 12.6. The third-order valence-electron chi connectivity index (χ3n) is 9.78. The number of benzene rings is 2. The van der Waals surface area contributed by atoms with Crippen molar-refractivity contribution in [3.8, 4) is 17.3 Å². The Balaban J connectivity index is 1.20. The topological polar surface area (TPSA) is 82.1 Å². The van der Waals surface area contributed by atoms with Crippen molar-refractivity contribution in [1.29, 1.82) is 5.26 Å². The molecule has 3 aromatic rings. The molecule has 8 rings (SSSR count). The number of hydrogen-bond donors (Lipinski definition) is 2. The van der Waals surface area contributed by atoms with E-state index in [1.807, 2.05) is 22.8 Å². The molecule has 0 radical (unpaired) electrons. The molecule has 0 spiro atoms. The van der Waals surface area contributed by atoms with Crippen LogP contribution in [0, 0.1) is 40.3 Å². The van der Waals surface area contributed by atoms with Crippen LogP contribution in [0.15, 0.2) is 55.0 Å². The van der Waals surface area contributed by atoms with E-state index in [2.05, 4.69) is 11.1 Å². The Bertz CT molecular complexity index is 1340. The van der Waals surface area contributed by atoms with Gasteiger partial charge < -0.3 is 14.8 Å². The van der Waals surface area contributed by atoms with Gasteiger partial charge in [-0.25, -0.2) is 9.37 Å². The minimum atomic E-state index is -0.919. The van der Waals surface area contributed by atoms with Crippen molar-refractivity contribution in [3.05, 3.63) is 77.5 Å². The van der Waals surface area contributed by atoms with Gasteiger partial charge in [-0.05, 0) is 85.5 Å². The number of halogens is 1. The minimum absolute atomic E-state index is 0.0766. The molecule has 4 saturated carbocycles. The summed E-state index contributed by atoms with van der Waals surface area (Å²) in [4.78, 5) is 4.29. The molecule has 178 valence electrons. The maximum absolute atomic E-state index is 15.0. The van der Waals surface area contributed by atoms with E-state index < -0.39 is 11.7 Å². The Morgan fingerprint density at radius 1 is 1.11 bits per heavy atom. The minimum Gasteiger partial charge on any atom is -0.392 e. The molecule has 0 saturated heterocycles. The number of rotatable bonds is 4. The van der Waals surface area contributed by atoms with E-state index in [1.54, 1.807) is 30.7 Å². The molecule has 35 heavy (non-hydrogen) atoms. The zero-order chi connectivity index (χ0) is 23.9. The summed E-state index contributed by atoms with van der Waals surface area (Å²) in [5, 5.41) is 33.0. The van der Waals surface area contributed by atoms with Crippen LogP contribution in [0.3, 0.4) is 0 Å². The van der Waals surface area contributed by atoms with Crippen molar-refractivity contribution in [3.63, 3.8) is 0 Å². The molecule has 0 amide bonds. The van der Waals surface area contributed by atoms with Gasteiger partial charge in [-0.1, -0.05) is 24.3 Å². The van der Waals surface area contributed by atoms with Crippen LogP contribution in [0.5, 0.6) is 0 Å². The van der Waals surface area contributed by atoms with Crippen LogP contribution in [0.25, 0.3) is 11.3 Å². The van der Waals surface area contributed by atoms with Gasteiger partial charge in [0.25, 0.3) is 0 Å². The van der Waals surface area contributed by atoms with E-state index in [4.69, 9.17) is 0 Å². The molecule has 4 fully saturated rings. The predicted octanol–water partition coefficient (Wildman–Crippen LogP) is 4.93. The van der Waals surface area contributed by atoms with Crippen molar-refractivity contribution >= 4 is 0 Å². The van der Waals surface area contributed by atoms with E-state index in [0.717, 1.165) is 48.9 Å². The van der Waals surface area contributed by atoms with E-state index in [1.165, 1.54) is 6.07 Å². The van der Waals surface area contributed by atoms with Crippen LogP contribution in [0.1, 0.15) is 61.3 Å². The standard InChI is InChI=1S/C29H28FN3O2/c30-23-3-1-2-22-25-15-32-16-33(25)24(27(22)23)10-26(34)28-11-18-8-20(12-28)29(35,21(9-18)13-28)19-6-4-17(14-31)5-7-19/h1-7,15-16,18,20-21,24,26,34-35H,8-13H2. The molecule has 6 heteroatoms. The van der Waals surface area contributed by atoms with Gasteiger partial charge in [-0.2, -0.15) is 5.26 Å². The third-order valence-corrected chi connectivity index (χ3v) is 9.78. The average Bonchev–Trinajstić information content (AvgIpc) is 3.45. The zero-order valence-electron chi connectivity index (χ0n) is 19.4. The highest BCUT2D eigenvalue weighted by Gasteiger charge is 2.64. The summed E-state index contributed by atoms with van der Waals surface area (Å²) in [6, 6.07) is 14.4. The van der Waals surface area contributed by atoms with E-state index in [-0.39, 0.29) is 29.1 Å². The summed E-state index contributed by atoms with van der Waals surface area (Å²) in [5.74, 6) is 0.418. The molecule has 4 unspecified atom stereocenters. The van der Waals surface area contributed by atoms with Crippen molar-refractivity contribution < 1.29 is 14.6 Å². The molecule has 2 N–H and O–H groups in total. The molecular weight excluding hydrogens is 441 g/mol. The van der Waals surface area contributed by atoms with Gasteiger partial charge in [0.15, 0.2) is 0 Å². The molecule has 4 bridgehead atoms. The highest BCUT2D eigenvalue weighted by atomic mass is 19.1. The van der Waals surface area contributed by atoms with E-state index >= 15 is 0 Å². The number of aliphatic hydroxyl groups is 2. The van der Waals surface area contributed by atoms with Crippen molar-refractivity contribution in [2.45, 2.75) is 56.3 Å². The molecule has 4 aliphatic carbocycles. The van der Waals surface area contributed by atoms with E-state index in [0.29, 0.717) is 23.5 Å². The summed E-state index contributed by atoms with van der Waals surface area (Å²) >= 11 is 0. The number of hydrogen-bond acceptors (Lipinski definition) is 4. The Kier molecular flexibility index (Phi) is 4.41. The van der Waals surface area contributed by atoms with Crippen molar-refractivity contribution in [2.75, 3.05) is 0 Å². The zero-order valence-corrected chi connectivity index (χ0v) is 19.4. The SMILES string of the molecule is N#Cc1ccc(C2(O)C3CC4CC2CC(C(O)CC2c5c(F)cccc5-c5cncn52)(C4)C3)cc1. The number of aliphatic hydroxyl groups excluding tert-OH is 1. The number of imidazole rings is 1. The molecule has 5 nitrogen and oxygen atoms in total. The van der Waals surface area contributed by atoms with E-state index in [9.17, 15) is 19.9 Å². The molecule has 2 heterocycles. The lowest BCUT2D eigenvalue weighted by Gasteiger charge is -2.65. The first kappa shape index (κ1) is 21.3. The van der Waals surface area contributed by atoms with Gasteiger partial charge in [0.2, 0.25) is 0 Å². The molecule has 1 aliphatic heterocycles. The predicted molar refractivity (Wildman–Crippen MR) is 127 cm³/mol. The number of aromatic nitrogens is 2. The lowest BCUT2D eigenvalue weighted by atomic mass is 9.42. The highest BCUT2D eigenvalue weighted by molar-refractivity contribution is 5.69. The van der Waals surface area contributed by atoms with Crippen LogP contribution in [0.2, 0.25) is 0 Å². The second-order valence-corrected chi connectivity index (χ2v) is 11.4. The first-order valence-corrected chi connectivity index (χ1v) is 12.6. The smallest absolute Gasteiger partial charge is 0.129 e. The van der Waals surface area contributed by atoms with Gasteiger partial charge in [-0.3, -0.25) is 0 Å². The summed E-state index contributed by atoms with van der Waals surface area (Å²) in [6.07, 6.45) is 7.81. The quantitative estimate of drug-likeness (QED) is 0.568. The Hall–Kier alpha value is -3.01. The van der Waals surface area contributed by atoms with Gasteiger partial charge in [-0.15, -0.1) is 0 Å². The Labute approximate surface area is 203 Å². The van der Waals surface area contributed by atoms with Gasteiger partial charge in [0.05, 0.1) is 47.6 Å². The van der Waals surface area contributed by atoms with Crippen LogP contribution < -0.4 is 0 Å². The molecular formula is C29H28FN3O2. The normalized spacial score (nSPS) is 34.9. The highest BCUT2D eigenvalue weighted by Crippen LogP contribution is 2.68. The fourth-order valence-corrected chi connectivity index (χ4v) is 8.43. The van der Waals surface area contributed by atoms with Crippen LogP contribution in [-0.4, -0.2) is 25.9 Å². The fraction of sp³-hybridized carbons (Fsp3) is 0.448. The first-order chi connectivity index (χ1) is 16.9. The maximum Gasteiger partial charge on any atom is 0.129 e. The second-order valence-electron chi connectivity index (χ2n) is 11.4. The lowest BCUT2D eigenvalue weighted by molar-refractivity contribution is -0.230. The summed E-state index contributed by atoms with van der Waals surface area (Å²) in [7, 11) is 0. The largest absolute Gasteiger partial charge is 0.392 e. The maximum atomic E-state index is 15.0. The number of nitrogens with zero attached hydrogens (tertiary/aromatic N) is 3. The second kappa shape index (κ2) is 7.25. The van der Waals surface area contributed by atoms with Crippen molar-refractivity contribution in [1.82, 2.24) is 9.55 Å². The third kappa shape index (κ3) is 2.83. The van der Waals surface area contributed by atoms with Crippen LogP contribution >= 0.6 is 0 Å². The number of nitriles is 1. The monoisotopic (exact) mass is 469 g/mol. The van der Waals surface area contributed by atoms with Gasteiger partial charge in [0, 0.05) is 11.1 Å². The fourth-order valence-electron chi connectivity index (χ4n) is 8.43. The summed E-state index contributed by atoms with van der Waals surface area (Å²) in [5.41, 5.74) is 2.73. The summed E-state index contributed by atoms with van der Waals surface area (Å²) in [6.45, 7) is 0. The van der Waals surface area contributed by atoms with Crippen LogP contribution in [0.4, 0.5) is 4.39 Å². The number of fused-ring (bicyclic) bond motifs is 3. The van der Waals surface area contributed by atoms with Crippen LogP contribution in [-0.2, 0) is 5.60 Å².